The van der Waals surface area contributed by atoms with E-state index in [9.17, 15) is 4.79 Å². The van der Waals surface area contributed by atoms with Crippen LogP contribution in [0.15, 0.2) is 28.8 Å². The molecule has 1 aliphatic rings. The average molecular weight is 418 g/mol. The van der Waals surface area contributed by atoms with Crippen molar-refractivity contribution in [2.45, 2.75) is 51.8 Å². The molecule has 8 heteroatoms. The number of methoxy groups -OCH3 is 2. The molecule has 3 rings (SSSR count). The van der Waals surface area contributed by atoms with Crippen LogP contribution in [0.2, 0.25) is 0 Å². The highest BCUT2D eigenvalue weighted by molar-refractivity contribution is 5.75. The molecular weight excluding hydrogens is 386 g/mol. The quantitative estimate of drug-likeness (QED) is 0.736. The van der Waals surface area contributed by atoms with Crippen LogP contribution in [-0.4, -0.2) is 55.1 Å². The molecule has 1 aliphatic heterocycles. The SMILES string of the molecule is COc1ccc(OC)c(-c2cc(CN(CC3CCCO3)C(=O)NC(C)(C)C)no2)c1. The second-order valence-corrected chi connectivity index (χ2v) is 8.44. The van der Waals surface area contributed by atoms with Crippen molar-refractivity contribution in [3.63, 3.8) is 0 Å². The Labute approximate surface area is 177 Å². The van der Waals surface area contributed by atoms with E-state index in [-0.39, 0.29) is 17.7 Å². The van der Waals surface area contributed by atoms with Gasteiger partial charge in [0.1, 0.15) is 17.2 Å². The fourth-order valence-corrected chi connectivity index (χ4v) is 3.37. The van der Waals surface area contributed by atoms with E-state index in [4.69, 9.17) is 18.7 Å². The van der Waals surface area contributed by atoms with E-state index in [0.717, 1.165) is 25.0 Å². The van der Waals surface area contributed by atoms with Gasteiger partial charge in [0.15, 0.2) is 5.76 Å². The summed E-state index contributed by atoms with van der Waals surface area (Å²) in [4.78, 5) is 14.6. The molecule has 1 N–H and O–H groups in total. The zero-order valence-electron chi connectivity index (χ0n) is 18.4. The lowest BCUT2D eigenvalue weighted by atomic mass is 10.1. The summed E-state index contributed by atoms with van der Waals surface area (Å²) >= 11 is 0. The first-order valence-electron chi connectivity index (χ1n) is 10.2. The molecule has 1 aromatic heterocycles. The second-order valence-electron chi connectivity index (χ2n) is 8.44. The second kappa shape index (κ2) is 9.38. The predicted molar refractivity (Wildman–Crippen MR) is 113 cm³/mol. The average Bonchev–Trinajstić information content (AvgIpc) is 3.37. The molecule has 0 bridgehead atoms. The molecule has 1 unspecified atom stereocenters. The van der Waals surface area contributed by atoms with Crippen molar-refractivity contribution in [1.82, 2.24) is 15.4 Å². The molecular formula is C22H31N3O5. The van der Waals surface area contributed by atoms with Gasteiger partial charge < -0.3 is 29.0 Å². The number of ether oxygens (including phenoxy) is 3. The maximum Gasteiger partial charge on any atom is 0.318 e. The van der Waals surface area contributed by atoms with Gasteiger partial charge in [-0.3, -0.25) is 0 Å². The van der Waals surface area contributed by atoms with Gasteiger partial charge in [0.25, 0.3) is 0 Å². The van der Waals surface area contributed by atoms with Gasteiger partial charge in [0.05, 0.1) is 32.4 Å². The summed E-state index contributed by atoms with van der Waals surface area (Å²) in [5, 5.41) is 7.20. The van der Waals surface area contributed by atoms with Crippen molar-refractivity contribution >= 4 is 6.03 Å². The van der Waals surface area contributed by atoms with Crippen LogP contribution < -0.4 is 14.8 Å². The first-order chi connectivity index (χ1) is 14.3. The number of benzene rings is 1. The van der Waals surface area contributed by atoms with Crippen molar-refractivity contribution in [2.24, 2.45) is 0 Å². The van der Waals surface area contributed by atoms with Crippen LogP contribution in [0.5, 0.6) is 11.5 Å². The maximum absolute atomic E-state index is 12.9. The van der Waals surface area contributed by atoms with Gasteiger partial charge in [-0.05, 0) is 51.8 Å². The number of urea groups is 1. The molecule has 2 aromatic rings. The third-order valence-electron chi connectivity index (χ3n) is 4.80. The minimum Gasteiger partial charge on any atom is -0.497 e. The first kappa shape index (κ1) is 22.0. The summed E-state index contributed by atoms with van der Waals surface area (Å²) in [5.74, 6) is 1.89. The van der Waals surface area contributed by atoms with Gasteiger partial charge in [-0.1, -0.05) is 5.16 Å². The predicted octanol–water partition coefficient (Wildman–Crippen LogP) is 3.85. The molecule has 0 radical (unpaired) electrons. The van der Waals surface area contributed by atoms with Gasteiger partial charge >= 0.3 is 6.03 Å². The number of nitrogens with zero attached hydrogens (tertiary/aromatic N) is 2. The lowest BCUT2D eigenvalue weighted by Gasteiger charge is -2.29. The Bertz CT molecular complexity index is 853. The number of hydrogen-bond acceptors (Lipinski definition) is 6. The molecule has 0 aliphatic carbocycles. The highest BCUT2D eigenvalue weighted by atomic mass is 16.5. The number of nitrogens with one attached hydrogen (secondary N) is 1. The zero-order valence-corrected chi connectivity index (χ0v) is 18.4. The van der Waals surface area contributed by atoms with Crippen molar-refractivity contribution < 1.29 is 23.5 Å². The summed E-state index contributed by atoms with van der Waals surface area (Å²) in [6.07, 6.45) is 2.01. The van der Waals surface area contributed by atoms with Gasteiger partial charge in [-0.15, -0.1) is 0 Å². The monoisotopic (exact) mass is 417 g/mol. The first-order valence-corrected chi connectivity index (χ1v) is 10.2. The molecule has 1 saturated heterocycles. The van der Waals surface area contributed by atoms with Crippen LogP contribution in [0.25, 0.3) is 11.3 Å². The van der Waals surface area contributed by atoms with Crippen LogP contribution >= 0.6 is 0 Å². The number of carbonyl (C=O) groups is 1. The van der Waals surface area contributed by atoms with Crippen molar-refractivity contribution in [3.8, 4) is 22.8 Å². The summed E-state index contributed by atoms with van der Waals surface area (Å²) in [5.41, 5.74) is 1.05. The van der Waals surface area contributed by atoms with Crippen molar-refractivity contribution in [3.05, 3.63) is 30.0 Å². The Kier molecular flexibility index (Phi) is 6.87. The fraction of sp³-hybridized carbons (Fsp3) is 0.545. The third-order valence-corrected chi connectivity index (χ3v) is 4.80. The molecule has 1 atom stereocenters. The minimum absolute atomic E-state index is 0.0422. The van der Waals surface area contributed by atoms with E-state index in [2.05, 4.69) is 10.5 Å². The van der Waals surface area contributed by atoms with Gasteiger partial charge in [-0.2, -0.15) is 0 Å². The minimum atomic E-state index is -0.338. The van der Waals surface area contributed by atoms with Crippen LogP contribution in [-0.2, 0) is 11.3 Å². The molecule has 30 heavy (non-hydrogen) atoms. The molecule has 2 heterocycles. The Hall–Kier alpha value is -2.74. The Balaban J connectivity index is 1.80. The van der Waals surface area contributed by atoms with Crippen molar-refractivity contribution in [2.75, 3.05) is 27.4 Å². The Morgan fingerprint density at radius 1 is 1.27 bits per heavy atom. The molecule has 8 nitrogen and oxygen atoms in total. The smallest absolute Gasteiger partial charge is 0.318 e. The fourth-order valence-electron chi connectivity index (χ4n) is 3.37. The highest BCUT2D eigenvalue weighted by Gasteiger charge is 2.26. The largest absolute Gasteiger partial charge is 0.497 e. The zero-order chi connectivity index (χ0) is 21.7. The number of hydrogen-bond donors (Lipinski definition) is 1. The molecule has 2 amide bonds. The van der Waals surface area contributed by atoms with Crippen LogP contribution in [0.1, 0.15) is 39.3 Å². The Morgan fingerprint density at radius 3 is 2.70 bits per heavy atom. The molecule has 0 spiro atoms. The number of rotatable bonds is 7. The van der Waals surface area contributed by atoms with E-state index < -0.39 is 0 Å². The van der Waals surface area contributed by atoms with Gasteiger partial charge in [0.2, 0.25) is 0 Å². The van der Waals surface area contributed by atoms with E-state index in [1.165, 1.54) is 0 Å². The van der Waals surface area contributed by atoms with Crippen LogP contribution in [0, 0.1) is 0 Å². The molecule has 0 saturated carbocycles. The van der Waals surface area contributed by atoms with E-state index in [0.29, 0.717) is 36.0 Å². The molecule has 1 fully saturated rings. The van der Waals surface area contributed by atoms with E-state index in [1.54, 1.807) is 19.1 Å². The van der Waals surface area contributed by atoms with Gasteiger partial charge in [0, 0.05) is 24.8 Å². The van der Waals surface area contributed by atoms with E-state index in [1.807, 2.05) is 45.0 Å². The van der Waals surface area contributed by atoms with Crippen LogP contribution in [0.3, 0.4) is 0 Å². The molecule has 1 aromatic carbocycles. The highest BCUT2D eigenvalue weighted by Crippen LogP contribution is 2.34. The van der Waals surface area contributed by atoms with Crippen LogP contribution in [0.4, 0.5) is 4.79 Å². The maximum atomic E-state index is 12.9. The summed E-state index contributed by atoms with van der Waals surface area (Å²) in [6.45, 7) is 7.43. The number of aromatic nitrogens is 1. The van der Waals surface area contributed by atoms with E-state index >= 15 is 0 Å². The summed E-state index contributed by atoms with van der Waals surface area (Å²) < 4.78 is 22.0. The molecule has 164 valence electrons. The number of amides is 2. The number of carbonyl (C=O) groups excluding carboxylic acids is 1. The lowest BCUT2D eigenvalue weighted by Crippen LogP contribution is -2.50. The summed E-state index contributed by atoms with van der Waals surface area (Å²) in [7, 11) is 3.21. The summed E-state index contributed by atoms with van der Waals surface area (Å²) in [6, 6.07) is 7.14. The van der Waals surface area contributed by atoms with Gasteiger partial charge in [-0.25, -0.2) is 4.79 Å². The topological polar surface area (TPSA) is 86.1 Å². The Morgan fingerprint density at radius 2 is 2.07 bits per heavy atom. The normalized spacial score (nSPS) is 16.4. The third kappa shape index (κ3) is 5.66. The van der Waals surface area contributed by atoms with Crippen molar-refractivity contribution in [1.29, 1.82) is 0 Å². The lowest BCUT2D eigenvalue weighted by molar-refractivity contribution is 0.0776. The standard InChI is InChI=1S/C22H31N3O5/c1-22(2,3)23-21(26)25(14-17-7-6-10-29-17)13-15-11-20(30-24-15)18-12-16(27-4)8-9-19(18)28-5/h8-9,11-12,17H,6-7,10,13-14H2,1-5H3,(H,23,26).